The molecule has 3 unspecified atom stereocenters. The molecule has 0 aromatic carbocycles. The van der Waals surface area contributed by atoms with Crippen molar-refractivity contribution >= 4 is 0 Å². The summed E-state index contributed by atoms with van der Waals surface area (Å²) in [5, 5.41) is 0. The Morgan fingerprint density at radius 3 is 2.32 bits per heavy atom. The SMILES string of the molecule is CCN(CC1CCC(N)C(C)C1(C)C)CC(F)(F)F. The molecule has 0 aliphatic heterocycles. The summed E-state index contributed by atoms with van der Waals surface area (Å²) < 4.78 is 37.5. The average molecular weight is 280 g/mol. The molecule has 1 aliphatic rings. The molecule has 0 heterocycles. The lowest BCUT2D eigenvalue weighted by atomic mass is 9.61. The van der Waals surface area contributed by atoms with Crippen LogP contribution >= 0.6 is 0 Å². The zero-order valence-corrected chi connectivity index (χ0v) is 12.4. The summed E-state index contributed by atoms with van der Waals surface area (Å²) in [5.41, 5.74) is 6.08. The monoisotopic (exact) mass is 280 g/mol. The number of hydrogen-bond acceptors (Lipinski definition) is 2. The molecule has 0 aromatic rings. The van der Waals surface area contributed by atoms with Crippen LogP contribution in [0.5, 0.6) is 0 Å². The molecule has 19 heavy (non-hydrogen) atoms. The summed E-state index contributed by atoms with van der Waals surface area (Å²) >= 11 is 0. The lowest BCUT2D eigenvalue weighted by Crippen LogP contribution is -2.50. The van der Waals surface area contributed by atoms with Crippen LogP contribution in [0.1, 0.15) is 40.5 Å². The molecule has 1 aliphatic carbocycles. The predicted molar refractivity (Wildman–Crippen MR) is 71.8 cm³/mol. The zero-order valence-electron chi connectivity index (χ0n) is 12.4. The first kappa shape index (κ1) is 16.8. The maximum atomic E-state index is 12.5. The Kier molecular flexibility index (Phi) is 5.29. The van der Waals surface area contributed by atoms with Gasteiger partial charge in [0, 0.05) is 12.6 Å². The van der Waals surface area contributed by atoms with Gasteiger partial charge in [0.1, 0.15) is 0 Å². The van der Waals surface area contributed by atoms with Gasteiger partial charge in [0.2, 0.25) is 0 Å². The zero-order chi connectivity index (χ0) is 14.8. The highest BCUT2D eigenvalue weighted by molar-refractivity contribution is 4.94. The highest BCUT2D eigenvalue weighted by Crippen LogP contribution is 2.44. The molecular formula is C14H27F3N2. The molecule has 0 aromatic heterocycles. The first-order valence-corrected chi connectivity index (χ1v) is 7.12. The largest absolute Gasteiger partial charge is 0.401 e. The summed E-state index contributed by atoms with van der Waals surface area (Å²) in [6.07, 6.45) is -2.28. The smallest absolute Gasteiger partial charge is 0.327 e. The minimum atomic E-state index is -4.11. The third-order valence-corrected chi connectivity index (χ3v) is 5.05. The molecule has 5 heteroatoms. The van der Waals surface area contributed by atoms with E-state index >= 15 is 0 Å². The standard InChI is InChI=1S/C14H27F3N2/c1-5-19(9-14(15,16)17)8-11-6-7-12(18)10(2)13(11,3)4/h10-12H,5-9,18H2,1-4H3. The van der Waals surface area contributed by atoms with Crippen LogP contribution in [0.15, 0.2) is 0 Å². The van der Waals surface area contributed by atoms with Crippen molar-refractivity contribution in [1.82, 2.24) is 4.90 Å². The van der Waals surface area contributed by atoms with Crippen LogP contribution in [0.3, 0.4) is 0 Å². The van der Waals surface area contributed by atoms with Gasteiger partial charge >= 0.3 is 6.18 Å². The van der Waals surface area contributed by atoms with Crippen molar-refractivity contribution in [2.24, 2.45) is 23.0 Å². The topological polar surface area (TPSA) is 29.3 Å². The van der Waals surface area contributed by atoms with Crippen molar-refractivity contribution in [1.29, 1.82) is 0 Å². The number of nitrogens with zero attached hydrogens (tertiary/aromatic N) is 1. The Labute approximate surface area is 114 Å². The normalized spacial score (nSPS) is 31.7. The van der Waals surface area contributed by atoms with Crippen LogP contribution in [0.4, 0.5) is 13.2 Å². The van der Waals surface area contributed by atoms with E-state index in [9.17, 15) is 13.2 Å². The van der Waals surface area contributed by atoms with Gasteiger partial charge < -0.3 is 5.73 Å². The number of nitrogens with two attached hydrogens (primary N) is 1. The first-order chi connectivity index (χ1) is 8.58. The van der Waals surface area contributed by atoms with Gasteiger partial charge in [-0.2, -0.15) is 13.2 Å². The number of hydrogen-bond donors (Lipinski definition) is 1. The fourth-order valence-electron chi connectivity index (χ4n) is 3.14. The lowest BCUT2D eigenvalue weighted by molar-refractivity contribution is -0.149. The van der Waals surface area contributed by atoms with E-state index in [1.165, 1.54) is 4.90 Å². The second kappa shape index (κ2) is 6.00. The fourth-order valence-corrected chi connectivity index (χ4v) is 3.14. The van der Waals surface area contributed by atoms with Crippen LogP contribution in [0, 0.1) is 17.3 Å². The van der Waals surface area contributed by atoms with E-state index in [2.05, 4.69) is 20.8 Å². The van der Waals surface area contributed by atoms with Crippen molar-refractivity contribution < 1.29 is 13.2 Å². The van der Waals surface area contributed by atoms with Crippen molar-refractivity contribution in [3.63, 3.8) is 0 Å². The molecular weight excluding hydrogens is 253 g/mol. The van der Waals surface area contributed by atoms with Gasteiger partial charge in [0.05, 0.1) is 6.54 Å². The Morgan fingerprint density at radius 1 is 1.26 bits per heavy atom. The van der Waals surface area contributed by atoms with E-state index in [4.69, 9.17) is 5.73 Å². The molecule has 2 nitrogen and oxygen atoms in total. The Balaban J connectivity index is 2.69. The van der Waals surface area contributed by atoms with Crippen molar-refractivity contribution in [3.05, 3.63) is 0 Å². The average Bonchev–Trinajstić information content (AvgIpc) is 2.27. The lowest BCUT2D eigenvalue weighted by Gasteiger charge is -2.48. The molecule has 1 fully saturated rings. The molecule has 1 rings (SSSR count). The molecule has 0 amide bonds. The van der Waals surface area contributed by atoms with Gasteiger partial charge in [0.15, 0.2) is 0 Å². The second-order valence-electron chi connectivity index (χ2n) is 6.49. The van der Waals surface area contributed by atoms with E-state index < -0.39 is 12.7 Å². The molecule has 0 radical (unpaired) electrons. The van der Waals surface area contributed by atoms with Crippen LogP contribution in [0.2, 0.25) is 0 Å². The Morgan fingerprint density at radius 2 is 1.84 bits per heavy atom. The molecule has 114 valence electrons. The summed E-state index contributed by atoms with van der Waals surface area (Å²) in [4.78, 5) is 1.51. The minimum Gasteiger partial charge on any atom is -0.327 e. The summed E-state index contributed by atoms with van der Waals surface area (Å²) in [6, 6.07) is 0.170. The van der Waals surface area contributed by atoms with Crippen LogP contribution in [0.25, 0.3) is 0 Å². The number of halogens is 3. The number of alkyl halides is 3. The highest BCUT2D eigenvalue weighted by atomic mass is 19.4. The van der Waals surface area contributed by atoms with Crippen molar-refractivity contribution in [3.8, 4) is 0 Å². The summed E-state index contributed by atoms with van der Waals surface area (Å²) in [5.74, 6) is 0.625. The Bertz CT molecular complexity index is 289. The van der Waals surface area contributed by atoms with Crippen LogP contribution in [-0.4, -0.2) is 36.8 Å². The summed E-state index contributed by atoms with van der Waals surface area (Å²) in [7, 11) is 0. The van der Waals surface area contributed by atoms with Crippen LogP contribution < -0.4 is 5.73 Å². The maximum Gasteiger partial charge on any atom is 0.401 e. The third kappa shape index (κ3) is 4.35. The molecule has 0 spiro atoms. The first-order valence-electron chi connectivity index (χ1n) is 7.12. The summed E-state index contributed by atoms with van der Waals surface area (Å²) in [6.45, 7) is 8.34. The van der Waals surface area contributed by atoms with E-state index in [0.29, 0.717) is 19.0 Å². The van der Waals surface area contributed by atoms with Crippen LogP contribution in [-0.2, 0) is 0 Å². The van der Waals surface area contributed by atoms with E-state index in [1.807, 2.05) is 0 Å². The molecule has 1 saturated carbocycles. The van der Waals surface area contributed by atoms with Gasteiger partial charge in [0.25, 0.3) is 0 Å². The van der Waals surface area contributed by atoms with E-state index in [1.54, 1.807) is 6.92 Å². The fraction of sp³-hybridized carbons (Fsp3) is 1.00. The second-order valence-corrected chi connectivity index (χ2v) is 6.49. The molecule has 0 saturated heterocycles. The van der Waals surface area contributed by atoms with Gasteiger partial charge in [-0.05, 0) is 36.6 Å². The molecule has 0 bridgehead atoms. The van der Waals surface area contributed by atoms with E-state index in [-0.39, 0.29) is 17.4 Å². The quantitative estimate of drug-likeness (QED) is 0.856. The van der Waals surface area contributed by atoms with Gasteiger partial charge in [-0.3, -0.25) is 4.90 Å². The molecule has 3 atom stereocenters. The third-order valence-electron chi connectivity index (χ3n) is 5.05. The highest BCUT2D eigenvalue weighted by Gasteiger charge is 2.42. The minimum absolute atomic E-state index is 0.00329. The van der Waals surface area contributed by atoms with Gasteiger partial charge in [-0.25, -0.2) is 0 Å². The van der Waals surface area contributed by atoms with E-state index in [0.717, 1.165) is 12.8 Å². The molecule has 2 N–H and O–H groups in total. The van der Waals surface area contributed by atoms with Gasteiger partial charge in [-0.15, -0.1) is 0 Å². The predicted octanol–water partition coefficient (Wildman–Crippen LogP) is 3.27. The van der Waals surface area contributed by atoms with Crippen molar-refractivity contribution in [2.75, 3.05) is 19.6 Å². The number of rotatable bonds is 4. The van der Waals surface area contributed by atoms with Gasteiger partial charge in [-0.1, -0.05) is 27.7 Å². The maximum absolute atomic E-state index is 12.5. The Hall–Kier alpha value is -0.290. The van der Waals surface area contributed by atoms with Crippen molar-refractivity contribution in [2.45, 2.75) is 52.8 Å².